The SMILES string of the molecule is CN1CCCCC1CNS(=O)(=O)c1ccsc1CN. The van der Waals surface area contributed by atoms with Crippen LogP contribution in [0.1, 0.15) is 24.1 Å². The Morgan fingerprint density at radius 2 is 2.32 bits per heavy atom. The van der Waals surface area contributed by atoms with Crippen molar-refractivity contribution in [1.82, 2.24) is 9.62 Å². The van der Waals surface area contributed by atoms with E-state index < -0.39 is 10.0 Å². The molecule has 5 nitrogen and oxygen atoms in total. The lowest BCUT2D eigenvalue weighted by atomic mass is 10.0. The molecule has 1 aliphatic rings. The Hall–Kier alpha value is -0.470. The van der Waals surface area contributed by atoms with Crippen LogP contribution in [0.2, 0.25) is 0 Å². The Kier molecular flexibility index (Phi) is 4.97. The number of likely N-dealkylation sites (N-methyl/N-ethyl adjacent to an activating group) is 1. The summed E-state index contributed by atoms with van der Waals surface area (Å²) >= 11 is 1.38. The van der Waals surface area contributed by atoms with E-state index in [-0.39, 0.29) is 6.54 Å². The molecule has 1 unspecified atom stereocenters. The third-order valence-corrected chi connectivity index (χ3v) is 6.19. The van der Waals surface area contributed by atoms with Crippen molar-refractivity contribution in [3.63, 3.8) is 0 Å². The molecule has 0 amide bonds. The standard InChI is InChI=1S/C12H21N3O2S2/c1-15-6-3-2-4-10(15)9-14-19(16,17)12-5-7-18-11(12)8-13/h5,7,10,14H,2-4,6,8-9,13H2,1H3. The lowest BCUT2D eigenvalue weighted by Crippen LogP contribution is -2.44. The molecule has 0 spiro atoms. The summed E-state index contributed by atoms with van der Waals surface area (Å²) in [6.07, 6.45) is 3.41. The van der Waals surface area contributed by atoms with Crippen LogP contribution in [0.4, 0.5) is 0 Å². The zero-order valence-electron chi connectivity index (χ0n) is 11.1. The molecule has 19 heavy (non-hydrogen) atoms. The quantitative estimate of drug-likeness (QED) is 0.850. The fourth-order valence-electron chi connectivity index (χ4n) is 2.40. The minimum absolute atomic E-state index is 0.261. The van der Waals surface area contributed by atoms with Gasteiger partial charge in [0.15, 0.2) is 0 Å². The molecule has 1 aromatic rings. The molecule has 0 radical (unpaired) electrons. The number of hydrogen-bond donors (Lipinski definition) is 2. The van der Waals surface area contributed by atoms with Crippen LogP contribution in [0.3, 0.4) is 0 Å². The molecule has 0 bridgehead atoms. The van der Waals surface area contributed by atoms with Crippen molar-refractivity contribution in [1.29, 1.82) is 0 Å². The molecule has 0 aliphatic carbocycles. The van der Waals surface area contributed by atoms with Crippen LogP contribution in [0, 0.1) is 0 Å². The van der Waals surface area contributed by atoms with Crippen molar-refractivity contribution in [2.45, 2.75) is 36.7 Å². The normalized spacial score (nSPS) is 21.7. The molecule has 2 rings (SSSR count). The molecular formula is C12H21N3O2S2. The summed E-state index contributed by atoms with van der Waals surface area (Å²) in [5.74, 6) is 0. The maximum atomic E-state index is 12.2. The number of rotatable bonds is 5. The van der Waals surface area contributed by atoms with Crippen LogP contribution >= 0.6 is 11.3 Å². The fraction of sp³-hybridized carbons (Fsp3) is 0.667. The first-order chi connectivity index (χ1) is 9.04. The van der Waals surface area contributed by atoms with Crippen LogP contribution in [0.25, 0.3) is 0 Å². The maximum absolute atomic E-state index is 12.2. The highest BCUT2D eigenvalue weighted by Crippen LogP contribution is 2.21. The molecule has 1 saturated heterocycles. The number of nitrogens with two attached hydrogens (primary N) is 1. The average molecular weight is 303 g/mol. The van der Waals surface area contributed by atoms with Gasteiger partial charge in [-0.1, -0.05) is 6.42 Å². The van der Waals surface area contributed by atoms with Crippen LogP contribution in [0.15, 0.2) is 16.3 Å². The van der Waals surface area contributed by atoms with E-state index in [0.29, 0.717) is 22.4 Å². The molecule has 2 heterocycles. The smallest absolute Gasteiger partial charge is 0.241 e. The summed E-state index contributed by atoms with van der Waals surface area (Å²) in [6, 6.07) is 1.92. The Bertz CT molecular complexity index is 513. The first-order valence-electron chi connectivity index (χ1n) is 6.51. The van der Waals surface area contributed by atoms with Gasteiger partial charge in [0, 0.05) is 24.0 Å². The van der Waals surface area contributed by atoms with E-state index in [1.807, 2.05) is 7.05 Å². The Morgan fingerprint density at radius 3 is 3.00 bits per heavy atom. The van der Waals surface area contributed by atoms with Crippen LogP contribution in [-0.4, -0.2) is 39.5 Å². The van der Waals surface area contributed by atoms with Crippen molar-refractivity contribution in [3.05, 3.63) is 16.3 Å². The van der Waals surface area contributed by atoms with Crippen LogP contribution in [-0.2, 0) is 16.6 Å². The third kappa shape index (κ3) is 3.55. The maximum Gasteiger partial charge on any atom is 0.241 e. The molecule has 1 aliphatic heterocycles. The molecule has 7 heteroatoms. The number of piperidine rings is 1. The molecule has 108 valence electrons. The zero-order chi connectivity index (χ0) is 13.9. The van der Waals surface area contributed by atoms with Gasteiger partial charge in [0.1, 0.15) is 0 Å². The highest BCUT2D eigenvalue weighted by molar-refractivity contribution is 7.89. The second kappa shape index (κ2) is 6.32. The Morgan fingerprint density at radius 1 is 1.53 bits per heavy atom. The summed E-state index contributed by atoms with van der Waals surface area (Å²) in [7, 11) is -1.38. The van der Waals surface area contributed by atoms with E-state index in [9.17, 15) is 8.42 Å². The predicted octanol–water partition coefficient (Wildman–Crippen LogP) is 0.969. The van der Waals surface area contributed by atoms with Gasteiger partial charge in [-0.25, -0.2) is 13.1 Å². The van der Waals surface area contributed by atoms with Crippen LogP contribution < -0.4 is 10.5 Å². The highest BCUT2D eigenvalue weighted by Gasteiger charge is 2.23. The van der Waals surface area contributed by atoms with Gasteiger partial charge in [0.25, 0.3) is 0 Å². The van der Waals surface area contributed by atoms with Crippen molar-refractivity contribution >= 4 is 21.4 Å². The third-order valence-electron chi connectivity index (χ3n) is 3.61. The van der Waals surface area contributed by atoms with E-state index >= 15 is 0 Å². The highest BCUT2D eigenvalue weighted by atomic mass is 32.2. The van der Waals surface area contributed by atoms with Crippen molar-refractivity contribution in [3.8, 4) is 0 Å². The largest absolute Gasteiger partial charge is 0.326 e. The second-order valence-corrected chi connectivity index (χ2v) is 7.63. The number of nitrogens with one attached hydrogen (secondary N) is 1. The lowest BCUT2D eigenvalue weighted by Gasteiger charge is -2.32. The second-order valence-electron chi connectivity index (χ2n) is 4.89. The number of likely N-dealkylation sites (tertiary alicyclic amines) is 1. The topological polar surface area (TPSA) is 75.4 Å². The molecule has 0 saturated carbocycles. The summed E-state index contributed by atoms with van der Waals surface area (Å²) in [5, 5.41) is 1.77. The van der Waals surface area contributed by atoms with Gasteiger partial charge in [-0.3, -0.25) is 0 Å². The van der Waals surface area contributed by atoms with E-state index in [1.165, 1.54) is 24.2 Å². The predicted molar refractivity (Wildman–Crippen MR) is 77.7 cm³/mol. The zero-order valence-corrected chi connectivity index (χ0v) is 12.8. The molecule has 3 N–H and O–H groups in total. The number of nitrogens with zero attached hydrogens (tertiary/aromatic N) is 1. The van der Waals surface area contributed by atoms with Gasteiger partial charge in [-0.05, 0) is 37.9 Å². The Balaban J connectivity index is 2.01. The summed E-state index contributed by atoms with van der Waals surface area (Å²) in [5.41, 5.74) is 5.56. The monoisotopic (exact) mass is 303 g/mol. The molecule has 1 aromatic heterocycles. The van der Waals surface area contributed by atoms with Crippen molar-refractivity contribution in [2.75, 3.05) is 20.1 Å². The molecule has 1 fully saturated rings. The molecule has 0 aromatic carbocycles. The van der Waals surface area contributed by atoms with Crippen LogP contribution in [0.5, 0.6) is 0 Å². The average Bonchev–Trinajstić information content (AvgIpc) is 2.87. The van der Waals surface area contributed by atoms with E-state index in [1.54, 1.807) is 11.4 Å². The van der Waals surface area contributed by atoms with Gasteiger partial charge < -0.3 is 10.6 Å². The minimum atomic E-state index is -3.43. The van der Waals surface area contributed by atoms with E-state index in [2.05, 4.69) is 9.62 Å². The van der Waals surface area contributed by atoms with Gasteiger partial charge in [0.2, 0.25) is 10.0 Å². The van der Waals surface area contributed by atoms with Crippen molar-refractivity contribution < 1.29 is 8.42 Å². The Labute approximate surface area is 118 Å². The summed E-state index contributed by atoms with van der Waals surface area (Å²) in [4.78, 5) is 3.27. The first-order valence-corrected chi connectivity index (χ1v) is 8.87. The van der Waals surface area contributed by atoms with Gasteiger partial charge in [-0.2, -0.15) is 0 Å². The molecular weight excluding hydrogens is 282 g/mol. The van der Waals surface area contributed by atoms with E-state index in [4.69, 9.17) is 5.73 Å². The fourth-order valence-corrected chi connectivity index (χ4v) is 4.81. The van der Waals surface area contributed by atoms with Gasteiger partial charge in [-0.15, -0.1) is 11.3 Å². The summed E-state index contributed by atoms with van der Waals surface area (Å²) in [6.45, 7) is 1.77. The number of thiophene rings is 1. The molecule has 1 atom stereocenters. The van der Waals surface area contributed by atoms with E-state index in [0.717, 1.165) is 13.0 Å². The van der Waals surface area contributed by atoms with Gasteiger partial charge >= 0.3 is 0 Å². The first kappa shape index (κ1) is 14.9. The lowest BCUT2D eigenvalue weighted by molar-refractivity contribution is 0.187. The van der Waals surface area contributed by atoms with Gasteiger partial charge in [0.05, 0.1) is 4.90 Å². The number of hydrogen-bond acceptors (Lipinski definition) is 5. The summed E-state index contributed by atoms with van der Waals surface area (Å²) < 4.78 is 27.2. The number of sulfonamides is 1. The van der Waals surface area contributed by atoms with Crippen molar-refractivity contribution in [2.24, 2.45) is 5.73 Å². The minimum Gasteiger partial charge on any atom is -0.326 e.